The zero-order valence-corrected chi connectivity index (χ0v) is 15.8. The van der Waals surface area contributed by atoms with Crippen molar-refractivity contribution in [3.8, 4) is 0 Å². The lowest BCUT2D eigenvalue weighted by molar-refractivity contribution is -0.171. The largest absolute Gasteiger partial charge is 0.378 e. The molecule has 3 unspecified atom stereocenters. The number of benzene rings is 1. The number of nitrogens with two attached hydrogens (primary N) is 1. The van der Waals surface area contributed by atoms with E-state index in [0.29, 0.717) is 32.5 Å². The van der Waals surface area contributed by atoms with E-state index in [0.717, 1.165) is 5.56 Å². The topological polar surface area (TPSA) is 84.7 Å². The number of rotatable bonds is 6. The average Bonchev–Trinajstić information content (AvgIpc) is 2.95. The summed E-state index contributed by atoms with van der Waals surface area (Å²) in [6.45, 7) is 7.65. The fourth-order valence-corrected chi connectivity index (χ4v) is 3.94. The Morgan fingerprint density at radius 1 is 1.35 bits per heavy atom. The molecule has 3 N–H and O–H groups in total. The third-order valence-electron chi connectivity index (χ3n) is 6.05. The van der Waals surface area contributed by atoms with Crippen molar-refractivity contribution in [1.82, 2.24) is 10.2 Å². The highest BCUT2D eigenvalue weighted by molar-refractivity contribution is 5.94. The first-order valence-corrected chi connectivity index (χ1v) is 9.33. The van der Waals surface area contributed by atoms with Gasteiger partial charge in [-0.1, -0.05) is 44.2 Å². The Balaban J connectivity index is 1.59. The summed E-state index contributed by atoms with van der Waals surface area (Å²) in [5.41, 5.74) is 6.04. The van der Waals surface area contributed by atoms with Gasteiger partial charge >= 0.3 is 0 Å². The normalized spacial score (nSPS) is 30.2. The number of ether oxygens (including phenoxy) is 1. The van der Waals surface area contributed by atoms with E-state index in [9.17, 15) is 9.59 Å². The van der Waals surface area contributed by atoms with Gasteiger partial charge in [-0.15, -0.1) is 0 Å². The van der Waals surface area contributed by atoms with Crippen LogP contribution in [-0.2, 0) is 20.9 Å². The van der Waals surface area contributed by atoms with Crippen LogP contribution in [0.1, 0.15) is 39.2 Å². The van der Waals surface area contributed by atoms with Crippen molar-refractivity contribution in [3.63, 3.8) is 0 Å². The molecule has 26 heavy (non-hydrogen) atoms. The van der Waals surface area contributed by atoms with Crippen molar-refractivity contribution in [2.75, 3.05) is 13.2 Å². The number of hydrogen-bond donors (Lipinski definition) is 2. The lowest BCUT2D eigenvalue weighted by Gasteiger charge is -2.57. The molecule has 2 fully saturated rings. The van der Waals surface area contributed by atoms with Gasteiger partial charge < -0.3 is 20.7 Å². The molecular weight excluding hydrogens is 330 g/mol. The van der Waals surface area contributed by atoms with Gasteiger partial charge in [0.1, 0.15) is 11.6 Å². The monoisotopic (exact) mass is 359 g/mol. The number of likely N-dealkylation sites (tertiary alicyclic amines) is 1. The van der Waals surface area contributed by atoms with Gasteiger partial charge in [0.25, 0.3) is 0 Å². The highest BCUT2D eigenvalue weighted by Crippen LogP contribution is 2.49. The standard InChI is InChI=1S/C20H29N3O3/c1-4-26-16-12-20(21,19(16,2)3)18(25)22-15-10-11-23(17(15)24)13-14-8-6-5-7-9-14/h5-9,15-16H,4,10-13,21H2,1-3H3,(H,22,25). The Kier molecular flexibility index (Phi) is 5.08. The molecule has 1 saturated carbocycles. The maximum atomic E-state index is 12.8. The van der Waals surface area contributed by atoms with Gasteiger partial charge in [0.2, 0.25) is 11.8 Å². The molecule has 6 heteroatoms. The molecular formula is C20H29N3O3. The first kappa shape index (κ1) is 18.9. The molecule has 1 aromatic rings. The lowest BCUT2D eigenvalue weighted by Crippen LogP contribution is -2.76. The van der Waals surface area contributed by atoms with E-state index in [4.69, 9.17) is 10.5 Å². The van der Waals surface area contributed by atoms with Gasteiger partial charge in [-0.3, -0.25) is 9.59 Å². The number of hydrogen-bond acceptors (Lipinski definition) is 4. The summed E-state index contributed by atoms with van der Waals surface area (Å²) in [7, 11) is 0. The number of carbonyl (C=O) groups is 2. The fourth-order valence-electron chi connectivity index (χ4n) is 3.94. The molecule has 0 bridgehead atoms. The molecule has 3 rings (SSSR count). The molecule has 6 nitrogen and oxygen atoms in total. The lowest BCUT2D eigenvalue weighted by atomic mass is 9.54. The average molecular weight is 359 g/mol. The summed E-state index contributed by atoms with van der Waals surface area (Å²) in [5, 5.41) is 2.89. The molecule has 1 aliphatic heterocycles. The van der Waals surface area contributed by atoms with E-state index in [1.165, 1.54) is 0 Å². The second-order valence-corrected chi connectivity index (χ2v) is 7.90. The predicted molar refractivity (Wildman–Crippen MR) is 99.1 cm³/mol. The second-order valence-electron chi connectivity index (χ2n) is 7.90. The molecule has 1 aromatic carbocycles. The molecule has 142 valence electrons. The summed E-state index contributed by atoms with van der Waals surface area (Å²) >= 11 is 0. The van der Waals surface area contributed by atoms with E-state index in [-0.39, 0.29) is 17.9 Å². The van der Waals surface area contributed by atoms with Crippen LogP contribution in [0.3, 0.4) is 0 Å². The molecule has 1 heterocycles. The smallest absolute Gasteiger partial charge is 0.245 e. The van der Waals surface area contributed by atoms with Crippen molar-refractivity contribution in [2.45, 2.75) is 57.8 Å². The van der Waals surface area contributed by atoms with E-state index in [1.807, 2.05) is 51.1 Å². The van der Waals surface area contributed by atoms with Gasteiger partial charge in [0.05, 0.1) is 6.10 Å². The van der Waals surface area contributed by atoms with Crippen LogP contribution >= 0.6 is 0 Å². The first-order valence-electron chi connectivity index (χ1n) is 9.33. The zero-order chi connectivity index (χ0) is 18.9. The molecule has 3 atom stereocenters. The minimum absolute atomic E-state index is 0.0305. The van der Waals surface area contributed by atoms with Gasteiger partial charge in [-0.05, 0) is 18.9 Å². The van der Waals surface area contributed by atoms with Crippen LogP contribution in [0.5, 0.6) is 0 Å². The Labute approximate surface area is 155 Å². The predicted octanol–water partition coefficient (Wildman–Crippen LogP) is 1.44. The van der Waals surface area contributed by atoms with E-state index >= 15 is 0 Å². The van der Waals surface area contributed by atoms with Crippen LogP contribution in [0.4, 0.5) is 0 Å². The number of amides is 2. The summed E-state index contributed by atoms with van der Waals surface area (Å²) in [6, 6.07) is 9.38. The van der Waals surface area contributed by atoms with Crippen molar-refractivity contribution < 1.29 is 14.3 Å². The summed E-state index contributed by atoms with van der Waals surface area (Å²) < 4.78 is 5.68. The second kappa shape index (κ2) is 7.00. The van der Waals surface area contributed by atoms with Crippen LogP contribution in [0.15, 0.2) is 30.3 Å². The highest BCUT2D eigenvalue weighted by Gasteiger charge is 2.63. The van der Waals surface area contributed by atoms with Gasteiger partial charge in [-0.2, -0.15) is 0 Å². The number of nitrogens with one attached hydrogen (secondary N) is 1. The molecule has 1 saturated heterocycles. The minimum atomic E-state index is -1.00. The maximum absolute atomic E-state index is 12.8. The van der Waals surface area contributed by atoms with Crippen LogP contribution in [0.2, 0.25) is 0 Å². The first-order chi connectivity index (χ1) is 12.3. The molecule has 2 amide bonds. The van der Waals surface area contributed by atoms with Crippen LogP contribution in [-0.4, -0.2) is 47.6 Å². The van der Waals surface area contributed by atoms with Crippen molar-refractivity contribution in [3.05, 3.63) is 35.9 Å². The summed E-state index contributed by atoms with van der Waals surface area (Å²) in [5.74, 6) is -0.289. The Hall–Kier alpha value is -1.92. The van der Waals surface area contributed by atoms with Gasteiger partial charge in [0, 0.05) is 31.5 Å². The van der Waals surface area contributed by atoms with Crippen LogP contribution in [0.25, 0.3) is 0 Å². The summed E-state index contributed by atoms with van der Waals surface area (Å²) in [4.78, 5) is 27.3. The van der Waals surface area contributed by atoms with Gasteiger partial charge in [-0.25, -0.2) is 0 Å². The molecule has 0 aromatic heterocycles. The third kappa shape index (κ3) is 3.12. The van der Waals surface area contributed by atoms with E-state index in [1.54, 1.807) is 4.90 Å². The van der Waals surface area contributed by atoms with E-state index in [2.05, 4.69) is 5.32 Å². The Bertz CT molecular complexity index is 676. The van der Waals surface area contributed by atoms with Crippen molar-refractivity contribution >= 4 is 11.8 Å². The minimum Gasteiger partial charge on any atom is -0.378 e. The SMILES string of the molecule is CCOC1CC(N)(C(=O)NC2CCN(Cc3ccccc3)C2=O)C1(C)C. The summed E-state index contributed by atoms with van der Waals surface area (Å²) in [6.07, 6.45) is 1.06. The Morgan fingerprint density at radius 3 is 2.65 bits per heavy atom. The number of carbonyl (C=O) groups excluding carboxylic acids is 2. The van der Waals surface area contributed by atoms with Crippen LogP contribution < -0.4 is 11.1 Å². The highest BCUT2D eigenvalue weighted by atomic mass is 16.5. The Morgan fingerprint density at radius 2 is 2.04 bits per heavy atom. The quantitative estimate of drug-likeness (QED) is 0.805. The zero-order valence-electron chi connectivity index (χ0n) is 15.8. The molecule has 0 radical (unpaired) electrons. The van der Waals surface area contributed by atoms with Crippen LogP contribution in [0, 0.1) is 5.41 Å². The molecule has 2 aliphatic rings. The third-order valence-corrected chi connectivity index (χ3v) is 6.05. The fraction of sp³-hybridized carbons (Fsp3) is 0.600. The maximum Gasteiger partial charge on any atom is 0.245 e. The number of nitrogens with zero attached hydrogens (tertiary/aromatic N) is 1. The van der Waals surface area contributed by atoms with Gasteiger partial charge in [0.15, 0.2) is 0 Å². The van der Waals surface area contributed by atoms with Crippen molar-refractivity contribution in [1.29, 1.82) is 0 Å². The van der Waals surface area contributed by atoms with E-state index < -0.39 is 17.0 Å². The van der Waals surface area contributed by atoms with Crippen molar-refractivity contribution in [2.24, 2.45) is 11.1 Å². The molecule has 1 aliphatic carbocycles. The molecule has 0 spiro atoms.